The number of rotatable bonds is 2. The second kappa shape index (κ2) is 8.37. The molecule has 19 heavy (non-hydrogen) atoms. The number of halogens is 8. The van der Waals surface area contributed by atoms with Crippen molar-refractivity contribution in [1.82, 2.24) is 4.13 Å². The Morgan fingerprint density at radius 3 is 1.37 bits per heavy atom. The van der Waals surface area contributed by atoms with E-state index in [4.69, 9.17) is 0 Å². The molecule has 5 nitrogen and oxygen atoms in total. The van der Waals surface area contributed by atoms with Gasteiger partial charge in [0.25, 0.3) is 0 Å². The van der Waals surface area contributed by atoms with Gasteiger partial charge in [0.05, 0.1) is 0 Å². The smallest absolute Gasteiger partial charge is 0.512 e. The van der Waals surface area contributed by atoms with Crippen molar-refractivity contribution in [2.75, 3.05) is 0 Å². The van der Waals surface area contributed by atoms with Crippen molar-refractivity contribution < 1.29 is 52.3 Å². The first-order valence-corrected chi connectivity index (χ1v) is 5.70. The number of nitrogens with one attached hydrogen (secondary N) is 1. The molecule has 0 aliphatic rings. The van der Waals surface area contributed by atoms with Crippen molar-refractivity contribution in [2.24, 2.45) is 0 Å². The van der Waals surface area contributed by atoms with Gasteiger partial charge in [0.1, 0.15) is 0 Å². The van der Waals surface area contributed by atoms with Gasteiger partial charge in [0.15, 0.2) is 0 Å². The standard InChI is InChI=1S/C2HF5.CH2F3NO4S2.Li/c3-1(4)2(5,6)7;2-1(3,4)11(8,9)5-10(6)7;/h1H;5H,(H,6,7);/p-1. The molecule has 16 heteroatoms. The van der Waals surface area contributed by atoms with Crippen molar-refractivity contribution in [1.29, 1.82) is 0 Å². The maximum absolute atomic E-state index is 11.3. The zero-order valence-corrected chi connectivity index (χ0v) is 10.2. The predicted molar refractivity (Wildman–Crippen MR) is 44.8 cm³/mol. The number of hydrogen-bond donors (Lipinski definition) is 1. The molecular formula is C3H2F8LiNO4S2-. The summed E-state index contributed by atoms with van der Waals surface area (Å²) in [4.78, 5) is 0. The summed E-state index contributed by atoms with van der Waals surface area (Å²) in [6, 6.07) is 0. The molecule has 0 amide bonds. The third-order valence-corrected chi connectivity index (χ3v) is 2.76. The molecule has 113 valence electrons. The van der Waals surface area contributed by atoms with Crippen molar-refractivity contribution in [3.63, 3.8) is 0 Å². The predicted octanol–water partition coefficient (Wildman–Crippen LogP) is 0.653. The van der Waals surface area contributed by atoms with Gasteiger partial charge in [-0.1, -0.05) is 0 Å². The molecule has 0 rings (SSSR count). The van der Waals surface area contributed by atoms with Crippen LogP contribution in [-0.4, -0.2) is 54.2 Å². The molecule has 0 saturated heterocycles. The van der Waals surface area contributed by atoms with Crippen LogP contribution in [0.25, 0.3) is 0 Å². The monoisotopic (exact) mass is 339 g/mol. The van der Waals surface area contributed by atoms with Crippen molar-refractivity contribution in [2.45, 2.75) is 18.1 Å². The molecule has 1 radical (unpaired) electrons. The molecule has 0 saturated carbocycles. The van der Waals surface area contributed by atoms with E-state index in [-0.39, 0.29) is 18.9 Å². The van der Waals surface area contributed by atoms with E-state index in [1.165, 1.54) is 0 Å². The fourth-order valence-electron chi connectivity index (χ4n) is 0.137. The van der Waals surface area contributed by atoms with Gasteiger partial charge < -0.3 is 4.55 Å². The van der Waals surface area contributed by atoms with Crippen LogP contribution in [0.2, 0.25) is 0 Å². The minimum absolute atomic E-state index is 0. The summed E-state index contributed by atoms with van der Waals surface area (Å²) in [5.41, 5.74) is -5.60. The van der Waals surface area contributed by atoms with E-state index < -0.39 is 39.4 Å². The van der Waals surface area contributed by atoms with Gasteiger partial charge in [-0.15, -0.1) is 4.13 Å². The third kappa shape index (κ3) is 11.6. The fraction of sp³-hybridized carbons (Fsp3) is 1.00. The second-order valence-electron chi connectivity index (χ2n) is 2.11. The summed E-state index contributed by atoms with van der Waals surface area (Å²) in [6.45, 7) is 0. The Morgan fingerprint density at radius 1 is 1.05 bits per heavy atom. The van der Waals surface area contributed by atoms with Gasteiger partial charge in [-0.3, -0.25) is 4.21 Å². The summed E-state index contributed by atoms with van der Waals surface area (Å²) in [7, 11) is -5.76. The number of hydrogen-bond acceptors (Lipinski definition) is 4. The third-order valence-electron chi connectivity index (χ3n) is 0.730. The van der Waals surface area contributed by atoms with Crippen LogP contribution in [-0.2, 0) is 21.3 Å². The van der Waals surface area contributed by atoms with E-state index in [0.717, 1.165) is 0 Å². The molecule has 0 aliphatic heterocycles. The average Bonchev–Trinajstić information content (AvgIpc) is 1.97. The molecule has 0 aromatic heterocycles. The summed E-state index contributed by atoms with van der Waals surface area (Å²) in [5, 5.41) is 0. The van der Waals surface area contributed by atoms with E-state index >= 15 is 0 Å². The van der Waals surface area contributed by atoms with Gasteiger partial charge in [0, 0.05) is 30.1 Å². The molecule has 0 aromatic carbocycles. The molecule has 0 bridgehead atoms. The molecule has 0 heterocycles. The summed E-state index contributed by atoms with van der Waals surface area (Å²) >= 11 is -3.49. The van der Waals surface area contributed by atoms with Crippen LogP contribution < -0.4 is 4.13 Å². The van der Waals surface area contributed by atoms with Crippen LogP contribution in [0.1, 0.15) is 0 Å². The summed E-state index contributed by atoms with van der Waals surface area (Å²) < 4.78 is 125. The van der Waals surface area contributed by atoms with Crippen LogP contribution >= 0.6 is 0 Å². The van der Waals surface area contributed by atoms with Crippen LogP contribution in [0.15, 0.2) is 0 Å². The minimum Gasteiger partial charge on any atom is -0.759 e. The van der Waals surface area contributed by atoms with Crippen LogP contribution in [0.5, 0.6) is 0 Å². The van der Waals surface area contributed by atoms with Crippen LogP contribution in [0.4, 0.5) is 35.1 Å². The quantitative estimate of drug-likeness (QED) is 0.455. The Kier molecular flexibility index (Phi) is 10.6. The van der Waals surface area contributed by atoms with Gasteiger partial charge in [-0.05, 0) is 0 Å². The molecule has 0 aliphatic carbocycles. The fourth-order valence-corrected chi connectivity index (χ4v) is 1.23. The molecule has 1 unspecified atom stereocenters. The van der Waals surface area contributed by atoms with E-state index in [2.05, 4.69) is 0 Å². The Morgan fingerprint density at radius 2 is 1.32 bits per heavy atom. The largest absolute Gasteiger partial charge is 0.759 e. The minimum atomic E-state index is -5.76. The van der Waals surface area contributed by atoms with Crippen LogP contribution in [0.3, 0.4) is 0 Å². The van der Waals surface area contributed by atoms with Gasteiger partial charge in [-0.2, -0.15) is 26.3 Å². The molecule has 0 aromatic rings. The van der Waals surface area contributed by atoms with Crippen molar-refractivity contribution >= 4 is 40.2 Å². The van der Waals surface area contributed by atoms with E-state index in [9.17, 15) is 52.3 Å². The maximum Gasteiger partial charge on any atom is 0.512 e. The zero-order chi connectivity index (χ0) is 15.4. The molecule has 1 atom stereocenters. The Labute approximate surface area is 115 Å². The van der Waals surface area contributed by atoms with Gasteiger partial charge in [-0.25, -0.2) is 17.2 Å². The first-order valence-electron chi connectivity index (χ1n) is 3.14. The molecule has 0 fully saturated rings. The number of sulfonamides is 1. The van der Waals surface area contributed by atoms with Crippen molar-refractivity contribution in [3.05, 3.63) is 0 Å². The van der Waals surface area contributed by atoms with Crippen LogP contribution in [0, 0.1) is 0 Å². The summed E-state index contributed by atoms with van der Waals surface area (Å²) in [6.07, 6.45) is -9.53. The average molecular weight is 339 g/mol. The van der Waals surface area contributed by atoms with Gasteiger partial charge in [0.2, 0.25) is 0 Å². The SMILES string of the molecule is FC(F)C(F)(F)F.O=S([O-])NS(=O)(=O)C(F)(F)F.[Li]. The summed E-state index contributed by atoms with van der Waals surface area (Å²) in [5.74, 6) is 0. The zero-order valence-electron chi connectivity index (χ0n) is 8.55. The number of alkyl halides is 8. The van der Waals surface area contributed by atoms with Gasteiger partial charge >= 0.3 is 28.1 Å². The first kappa shape index (κ1) is 24.1. The normalized spacial score (nSPS) is 14.2. The first-order chi connectivity index (χ1) is 7.61. The Hall–Kier alpha value is 0.0574. The van der Waals surface area contributed by atoms with E-state index in [0.29, 0.717) is 4.13 Å². The molecule has 0 spiro atoms. The van der Waals surface area contributed by atoms with Crippen molar-refractivity contribution in [3.8, 4) is 0 Å². The van der Waals surface area contributed by atoms with E-state index in [1.807, 2.05) is 0 Å². The maximum atomic E-state index is 11.3. The molecule has 1 N–H and O–H groups in total. The van der Waals surface area contributed by atoms with E-state index in [1.54, 1.807) is 0 Å². The Balaban J connectivity index is -0.000000280. The molecular weight excluding hydrogens is 337 g/mol. The Bertz CT molecular complexity index is 376. The topological polar surface area (TPSA) is 86.3 Å². The second-order valence-corrected chi connectivity index (χ2v) is 4.72.